The van der Waals surface area contributed by atoms with Crippen molar-refractivity contribution >= 4 is 18.5 Å². The van der Waals surface area contributed by atoms with Gasteiger partial charge in [-0.2, -0.15) is 5.10 Å². The maximum absolute atomic E-state index is 4.53. The van der Waals surface area contributed by atoms with Gasteiger partial charge in [0, 0.05) is 6.42 Å². The van der Waals surface area contributed by atoms with E-state index in [0.29, 0.717) is 0 Å². The molecule has 0 saturated carbocycles. The molecule has 0 saturated heterocycles. The largest absolute Gasteiger partial charge is 0.234 e. The second-order valence-corrected chi connectivity index (χ2v) is 4.77. The van der Waals surface area contributed by atoms with E-state index in [-0.39, 0.29) is 6.04 Å². The summed E-state index contributed by atoms with van der Waals surface area (Å²) in [4.78, 5) is 0. The number of hydrogen-bond acceptors (Lipinski definition) is 3. The molecule has 0 spiro atoms. The highest BCUT2D eigenvalue weighted by Crippen LogP contribution is 2.33. The summed E-state index contributed by atoms with van der Waals surface area (Å²) in [6, 6.07) is 20.9. The first-order valence-electron chi connectivity index (χ1n) is 6.00. The van der Waals surface area contributed by atoms with Crippen molar-refractivity contribution in [3.05, 3.63) is 71.8 Å². The molecule has 0 aliphatic carbocycles. The molecule has 0 bridgehead atoms. The molecule has 3 rings (SSSR count). The van der Waals surface area contributed by atoms with Crippen LogP contribution in [0.3, 0.4) is 0 Å². The highest BCUT2D eigenvalue weighted by Gasteiger charge is 2.26. The second kappa shape index (κ2) is 4.86. The van der Waals surface area contributed by atoms with E-state index in [2.05, 4.69) is 54.3 Å². The third kappa shape index (κ3) is 2.14. The summed E-state index contributed by atoms with van der Waals surface area (Å²) in [5.74, 6) is 0. The summed E-state index contributed by atoms with van der Waals surface area (Å²) in [6.45, 7) is 0. The van der Waals surface area contributed by atoms with Crippen molar-refractivity contribution in [3.8, 4) is 0 Å². The number of thiol groups is 1. The Morgan fingerprint density at radius 2 is 1.56 bits per heavy atom. The number of nitrogens with zero attached hydrogens (tertiary/aromatic N) is 2. The van der Waals surface area contributed by atoms with Crippen molar-refractivity contribution in [1.29, 1.82) is 0 Å². The maximum Gasteiger partial charge on any atom is 0.0894 e. The average molecular weight is 254 g/mol. The molecule has 1 aliphatic rings. The fraction of sp³-hybridized carbons (Fsp3) is 0.133. The Morgan fingerprint density at radius 1 is 0.944 bits per heavy atom. The Morgan fingerprint density at radius 3 is 2.22 bits per heavy atom. The van der Waals surface area contributed by atoms with Crippen LogP contribution in [-0.2, 0) is 0 Å². The lowest BCUT2D eigenvalue weighted by Gasteiger charge is -2.17. The Hall–Kier alpha value is -1.74. The van der Waals surface area contributed by atoms with Gasteiger partial charge in [-0.3, -0.25) is 0 Å². The van der Waals surface area contributed by atoms with E-state index < -0.39 is 0 Å². The van der Waals surface area contributed by atoms with Crippen LogP contribution in [0.15, 0.2) is 65.8 Å². The van der Waals surface area contributed by atoms with E-state index in [1.807, 2.05) is 24.3 Å². The molecule has 3 heteroatoms. The first-order chi connectivity index (χ1) is 8.84. The number of hydrogen-bond donors (Lipinski definition) is 1. The Bertz CT molecular complexity index is 551. The first-order valence-corrected chi connectivity index (χ1v) is 6.40. The van der Waals surface area contributed by atoms with Gasteiger partial charge >= 0.3 is 0 Å². The maximum atomic E-state index is 4.53. The van der Waals surface area contributed by atoms with Crippen LogP contribution in [0.1, 0.15) is 23.6 Å². The van der Waals surface area contributed by atoms with Gasteiger partial charge in [-0.1, -0.05) is 60.7 Å². The molecule has 0 fully saturated rings. The monoisotopic (exact) mass is 254 g/mol. The molecule has 0 radical (unpaired) electrons. The predicted octanol–water partition coefficient (Wildman–Crippen LogP) is 3.68. The van der Waals surface area contributed by atoms with Crippen LogP contribution in [-0.4, -0.2) is 10.1 Å². The van der Waals surface area contributed by atoms with Crippen LogP contribution in [0.25, 0.3) is 0 Å². The lowest BCUT2D eigenvalue weighted by atomic mass is 9.99. The topological polar surface area (TPSA) is 15.6 Å². The minimum absolute atomic E-state index is 0.227. The fourth-order valence-electron chi connectivity index (χ4n) is 2.23. The number of rotatable bonds is 2. The summed E-state index contributed by atoms with van der Waals surface area (Å²) in [7, 11) is 0. The molecule has 0 N–H and O–H groups in total. The molecule has 2 aromatic rings. The van der Waals surface area contributed by atoms with E-state index in [9.17, 15) is 0 Å². The van der Waals surface area contributed by atoms with Crippen LogP contribution >= 0.6 is 12.8 Å². The molecule has 1 aliphatic heterocycles. The van der Waals surface area contributed by atoms with E-state index >= 15 is 0 Å². The van der Waals surface area contributed by atoms with Gasteiger partial charge < -0.3 is 0 Å². The van der Waals surface area contributed by atoms with Crippen LogP contribution < -0.4 is 0 Å². The summed E-state index contributed by atoms with van der Waals surface area (Å²) in [6.07, 6.45) is 0.900. The smallest absolute Gasteiger partial charge is 0.0894 e. The summed E-state index contributed by atoms with van der Waals surface area (Å²) in [5.41, 5.74) is 3.52. The van der Waals surface area contributed by atoms with Gasteiger partial charge in [0.05, 0.1) is 11.8 Å². The van der Waals surface area contributed by atoms with Crippen LogP contribution in [0.4, 0.5) is 0 Å². The van der Waals surface area contributed by atoms with Crippen LogP contribution in [0, 0.1) is 0 Å². The van der Waals surface area contributed by atoms with Crippen molar-refractivity contribution in [2.45, 2.75) is 12.5 Å². The molecule has 0 aromatic heterocycles. The first kappa shape index (κ1) is 11.4. The van der Waals surface area contributed by atoms with Gasteiger partial charge in [0.1, 0.15) is 0 Å². The van der Waals surface area contributed by atoms with E-state index in [4.69, 9.17) is 0 Å². The highest BCUT2D eigenvalue weighted by atomic mass is 32.1. The molecule has 1 atom stereocenters. The summed E-state index contributed by atoms with van der Waals surface area (Å²) < 4.78 is 1.76. The Labute approximate surface area is 112 Å². The normalized spacial score (nSPS) is 18.8. The van der Waals surface area contributed by atoms with Crippen LogP contribution in [0.5, 0.6) is 0 Å². The minimum Gasteiger partial charge on any atom is -0.234 e. The SMILES string of the molecule is SN1N=C(c2ccccc2)CC1c1ccccc1. The van der Waals surface area contributed by atoms with Crippen molar-refractivity contribution in [3.63, 3.8) is 0 Å². The zero-order valence-electron chi connectivity index (χ0n) is 9.90. The van der Waals surface area contributed by atoms with Crippen LogP contribution in [0.2, 0.25) is 0 Å². The van der Waals surface area contributed by atoms with Gasteiger partial charge in [0.2, 0.25) is 0 Å². The number of benzene rings is 2. The van der Waals surface area contributed by atoms with E-state index in [0.717, 1.165) is 12.1 Å². The quantitative estimate of drug-likeness (QED) is 0.808. The molecule has 2 nitrogen and oxygen atoms in total. The van der Waals surface area contributed by atoms with Gasteiger partial charge in [-0.15, -0.1) is 0 Å². The predicted molar refractivity (Wildman–Crippen MR) is 77.6 cm³/mol. The molecule has 0 amide bonds. The molecule has 90 valence electrons. The Kier molecular flexibility index (Phi) is 3.07. The van der Waals surface area contributed by atoms with Crippen molar-refractivity contribution in [1.82, 2.24) is 4.41 Å². The molecule has 2 aromatic carbocycles. The average Bonchev–Trinajstić information content (AvgIpc) is 2.83. The summed E-state index contributed by atoms with van der Waals surface area (Å²) >= 11 is 4.45. The highest BCUT2D eigenvalue weighted by molar-refractivity contribution is 7.77. The molecule has 1 unspecified atom stereocenters. The van der Waals surface area contributed by atoms with Crippen molar-refractivity contribution in [2.24, 2.45) is 5.10 Å². The third-order valence-corrected chi connectivity index (χ3v) is 3.55. The zero-order valence-corrected chi connectivity index (χ0v) is 10.8. The molecular weight excluding hydrogens is 240 g/mol. The van der Waals surface area contributed by atoms with Crippen molar-refractivity contribution in [2.75, 3.05) is 0 Å². The van der Waals surface area contributed by atoms with Crippen molar-refractivity contribution < 1.29 is 0 Å². The lowest BCUT2D eigenvalue weighted by Crippen LogP contribution is -2.08. The van der Waals surface area contributed by atoms with Gasteiger partial charge in [0.15, 0.2) is 0 Å². The minimum atomic E-state index is 0.227. The number of hydrazone groups is 1. The molecule has 18 heavy (non-hydrogen) atoms. The zero-order chi connectivity index (χ0) is 12.4. The van der Waals surface area contributed by atoms with Gasteiger partial charge in [-0.05, 0) is 23.9 Å². The van der Waals surface area contributed by atoms with Gasteiger partial charge in [0.25, 0.3) is 0 Å². The second-order valence-electron chi connectivity index (χ2n) is 4.36. The molecule has 1 heterocycles. The Balaban J connectivity index is 1.85. The standard InChI is InChI=1S/C15H14N2S/c18-17-15(13-9-5-2-6-10-13)11-14(16-17)12-7-3-1-4-8-12/h1-10,15,18H,11H2. The van der Waals surface area contributed by atoms with Gasteiger partial charge in [-0.25, -0.2) is 4.41 Å². The van der Waals surface area contributed by atoms with E-state index in [1.165, 1.54) is 11.1 Å². The summed E-state index contributed by atoms with van der Waals surface area (Å²) in [5, 5.41) is 4.53. The lowest BCUT2D eigenvalue weighted by molar-refractivity contribution is 0.425. The van der Waals surface area contributed by atoms with E-state index in [1.54, 1.807) is 4.41 Å². The fourth-order valence-corrected chi connectivity index (χ4v) is 2.55. The molecular formula is C15H14N2S. The third-order valence-electron chi connectivity index (χ3n) is 3.18.